The first-order valence-corrected chi connectivity index (χ1v) is 7.13. The molecule has 2 aromatic rings. The largest absolute Gasteiger partial charge is 0.296 e. The SMILES string of the molecule is CC1C(=O)NC(=O)C(c2ccccc2)C1c1ccccc1. The quantitative estimate of drug-likeness (QED) is 0.859. The lowest BCUT2D eigenvalue weighted by Crippen LogP contribution is -2.48. The van der Waals surface area contributed by atoms with Gasteiger partial charge in [-0.05, 0) is 11.1 Å². The van der Waals surface area contributed by atoms with Crippen LogP contribution in [0.3, 0.4) is 0 Å². The molecule has 21 heavy (non-hydrogen) atoms. The Kier molecular flexibility index (Phi) is 3.57. The van der Waals surface area contributed by atoms with E-state index in [0.717, 1.165) is 11.1 Å². The van der Waals surface area contributed by atoms with E-state index >= 15 is 0 Å². The molecule has 0 spiro atoms. The van der Waals surface area contributed by atoms with Crippen LogP contribution in [0, 0.1) is 5.92 Å². The summed E-state index contributed by atoms with van der Waals surface area (Å²) >= 11 is 0. The van der Waals surface area contributed by atoms with Crippen LogP contribution in [0.15, 0.2) is 60.7 Å². The summed E-state index contributed by atoms with van der Waals surface area (Å²) < 4.78 is 0. The fourth-order valence-electron chi connectivity index (χ4n) is 3.10. The highest BCUT2D eigenvalue weighted by molar-refractivity contribution is 6.03. The minimum atomic E-state index is -0.332. The number of hydrogen-bond donors (Lipinski definition) is 1. The molecular formula is C18H17NO2. The van der Waals surface area contributed by atoms with Crippen molar-refractivity contribution in [2.24, 2.45) is 5.92 Å². The Bertz CT molecular complexity index is 651. The van der Waals surface area contributed by atoms with Crippen molar-refractivity contribution in [2.45, 2.75) is 18.8 Å². The smallest absolute Gasteiger partial charge is 0.234 e. The van der Waals surface area contributed by atoms with Crippen LogP contribution in [-0.4, -0.2) is 11.8 Å². The van der Waals surface area contributed by atoms with Gasteiger partial charge in [0, 0.05) is 11.8 Å². The number of imide groups is 1. The lowest BCUT2D eigenvalue weighted by atomic mass is 9.71. The Morgan fingerprint density at radius 1 is 0.762 bits per heavy atom. The van der Waals surface area contributed by atoms with Gasteiger partial charge in [0.15, 0.2) is 0 Å². The molecule has 0 saturated carbocycles. The summed E-state index contributed by atoms with van der Waals surface area (Å²) in [5.41, 5.74) is 1.98. The highest BCUT2D eigenvalue weighted by atomic mass is 16.2. The maximum Gasteiger partial charge on any atom is 0.234 e. The summed E-state index contributed by atoms with van der Waals surface area (Å²) in [5, 5.41) is 2.50. The second-order valence-corrected chi connectivity index (χ2v) is 5.47. The number of carbonyl (C=O) groups excluding carboxylic acids is 2. The molecule has 2 aromatic carbocycles. The van der Waals surface area contributed by atoms with E-state index in [1.807, 2.05) is 67.6 Å². The fourth-order valence-corrected chi connectivity index (χ4v) is 3.10. The van der Waals surface area contributed by atoms with E-state index in [0.29, 0.717) is 0 Å². The summed E-state index contributed by atoms with van der Waals surface area (Å²) in [7, 11) is 0. The van der Waals surface area contributed by atoms with Crippen LogP contribution < -0.4 is 5.32 Å². The molecule has 1 fully saturated rings. The monoisotopic (exact) mass is 279 g/mol. The van der Waals surface area contributed by atoms with Crippen LogP contribution in [0.4, 0.5) is 0 Å². The van der Waals surface area contributed by atoms with Crippen LogP contribution >= 0.6 is 0 Å². The van der Waals surface area contributed by atoms with Gasteiger partial charge >= 0.3 is 0 Å². The summed E-state index contributed by atoms with van der Waals surface area (Å²) in [4.78, 5) is 24.4. The predicted octanol–water partition coefficient (Wildman–Crippen LogP) is 2.85. The van der Waals surface area contributed by atoms with Gasteiger partial charge in [-0.2, -0.15) is 0 Å². The van der Waals surface area contributed by atoms with Gasteiger partial charge in [-0.25, -0.2) is 0 Å². The van der Waals surface area contributed by atoms with Crippen LogP contribution in [0.2, 0.25) is 0 Å². The molecule has 1 aliphatic rings. The van der Waals surface area contributed by atoms with Crippen molar-refractivity contribution in [3.05, 3.63) is 71.8 Å². The number of piperidine rings is 1. The normalized spacial score (nSPS) is 25.5. The Balaban J connectivity index is 2.09. The minimum Gasteiger partial charge on any atom is -0.296 e. The molecule has 2 amide bonds. The van der Waals surface area contributed by atoms with Crippen molar-refractivity contribution >= 4 is 11.8 Å². The van der Waals surface area contributed by atoms with Crippen LogP contribution in [0.25, 0.3) is 0 Å². The van der Waals surface area contributed by atoms with Gasteiger partial charge in [-0.3, -0.25) is 14.9 Å². The standard InChI is InChI=1S/C18H17NO2/c1-12-15(13-8-4-2-5-9-13)16(18(21)19-17(12)20)14-10-6-3-7-11-14/h2-12,15-16H,1H3,(H,19,20,21). The first kappa shape index (κ1) is 13.6. The second kappa shape index (κ2) is 5.52. The van der Waals surface area contributed by atoms with E-state index in [-0.39, 0.29) is 29.6 Å². The lowest BCUT2D eigenvalue weighted by Gasteiger charge is -2.35. The van der Waals surface area contributed by atoms with Crippen LogP contribution in [0.5, 0.6) is 0 Å². The molecule has 3 nitrogen and oxygen atoms in total. The molecule has 1 N–H and O–H groups in total. The summed E-state index contributed by atoms with van der Waals surface area (Å²) in [6.07, 6.45) is 0. The second-order valence-electron chi connectivity index (χ2n) is 5.47. The number of carbonyl (C=O) groups is 2. The van der Waals surface area contributed by atoms with Crippen molar-refractivity contribution < 1.29 is 9.59 Å². The van der Waals surface area contributed by atoms with E-state index in [9.17, 15) is 9.59 Å². The molecule has 106 valence electrons. The third kappa shape index (κ3) is 2.47. The third-order valence-corrected chi connectivity index (χ3v) is 4.18. The zero-order chi connectivity index (χ0) is 14.8. The summed E-state index contributed by atoms with van der Waals surface area (Å²) in [6, 6.07) is 19.5. The van der Waals surface area contributed by atoms with Crippen LogP contribution in [-0.2, 0) is 9.59 Å². The molecule has 3 heteroatoms. The predicted molar refractivity (Wildman–Crippen MR) is 80.7 cm³/mol. The molecule has 0 bridgehead atoms. The van der Waals surface area contributed by atoms with Gasteiger partial charge in [0.2, 0.25) is 11.8 Å². The Hall–Kier alpha value is -2.42. The molecule has 0 aromatic heterocycles. The maximum atomic E-state index is 12.4. The van der Waals surface area contributed by atoms with E-state index in [2.05, 4.69) is 5.32 Å². The molecule has 0 aliphatic carbocycles. The molecule has 1 saturated heterocycles. The van der Waals surface area contributed by atoms with E-state index in [1.54, 1.807) is 0 Å². The number of hydrogen-bond acceptors (Lipinski definition) is 2. The van der Waals surface area contributed by atoms with E-state index in [4.69, 9.17) is 0 Å². The van der Waals surface area contributed by atoms with Crippen molar-refractivity contribution in [2.75, 3.05) is 0 Å². The fraction of sp³-hybridized carbons (Fsp3) is 0.222. The first-order valence-electron chi connectivity index (χ1n) is 7.13. The van der Waals surface area contributed by atoms with Crippen molar-refractivity contribution in [3.8, 4) is 0 Å². The zero-order valence-corrected chi connectivity index (χ0v) is 11.8. The van der Waals surface area contributed by atoms with Gasteiger partial charge in [0.05, 0.1) is 5.92 Å². The number of amides is 2. The van der Waals surface area contributed by atoms with E-state index < -0.39 is 0 Å². The Morgan fingerprint density at radius 3 is 1.86 bits per heavy atom. The van der Waals surface area contributed by atoms with Gasteiger partial charge in [0.1, 0.15) is 0 Å². The van der Waals surface area contributed by atoms with Gasteiger partial charge in [-0.15, -0.1) is 0 Å². The third-order valence-electron chi connectivity index (χ3n) is 4.18. The Labute approximate surface area is 124 Å². The van der Waals surface area contributed by atoms with E-state index in [1.165, 1.54) is 0 Å². The van der Waals surface area contributed by atoms with Gasteiger partial charge < -0.3 is 0 Å². The first-order chi connectivity index (χ1) is 10.2. The molecule has 0 radical (unpaired) electrons. The van der Waals surface area contributed by atoms with Gasteiger partial charge in [0.25, 0.3) is 0 Å². The zero-order valence-electron chi connectivity index (χ0n) is 11.8. The highest BCUT2D eigenvalue weighted by Crippen LogP contribution is 2.41. The van der Waals surface area contributed by atoms with Crippen molar-refractivity contribution in [1.82, 2.24) is 5.32 Å². The minimum absolute atomic E-state index is 0.130. The van der Waals surface area contributed by atoms with Crippen molar-refractivity contribution in [3.63, 3.8) is 0 Å². The topological polar surface area (TPSA) is 46.2 Å². The molecular weight excluding hydrogens is 262 g/mol. The molecule has 3 unspecified atom stereocenters. The summed E-state index contributed by atoms with van der Waals surface area (Å²) in [5.74, 6) is -1.11. The highest BCUT2D eigenvalue weighted by Gasteiger charge is 2.42. The molecule has 3 rings (SSSR count). The molecule has 3 atom stereocenters. The number of benzene rings is 2. The lowest BCUT2D eigenvalue weighted by molar-refractivity contribution is -0.138. The average Bonchev–Trinajstić information content (AvgIpc) is 2.52. The van der Waals surface area contributed by atoms with Crippen LogP contribution in [0.1, 0.15) is 29.9 Å². The number of rotatable bonds is 2. The maximum absolute atomic E-state index is 12.4. The van der Waals surface area contributed by atoms with Gasteiger partial charge in [-0.1, -0.05) is 67.6 Å². The number of nitrogens with one attached hydrogen (secondary N) is 1. The molecule has 1 aliphatic heterocycles. The average molecular weight is 279 g/mol. The molecule has 1 heterocycles. The van der Waals surface area contributed by atoms with Crippen molar-refractivity contribution in [1.29, 1.82) is 0 Å². The summed E-state index contributed by atoms with van der Waals surface area (Å²) in [6.45, 7) is 1.88. The Morgan fingerprint density at radius 2 is 1.29 bits per heavy atom.